The molecule has 2 rings (SSSR count). The van der Waals surface area contributed by atoms with Gasteiger partial charge in [0.1, 0.15) is 10.8 Å². The topological polar surface area (TPSA) is 42.2 Å². The third-order valence-electron chi connectivity index (χ3n) is 2.87. The van der Waals surface area contributed by atoms with Gasteiger partial charge in [-0.05, 0) is 37.7 Å². The van der Waals surface area contributed by atoms with Crippen LogP contribution in [0.1, 0.15) is 21.8 Å². The SMILES string of the molecule is Cc1nc(CN(C)Cc2cc(F)ccc2C(N)=S)cs1. The van der Waals surface area contributed by atoms with Crippen LogP contribution in [0.5, 0.6) is 0 Å². The maximum Gasteiger partial charge on any atom is 0.123 e. The minimum Gasteiger partial charge on any atom is -0.389 e. The van der Waals surface area contributed by atoms with Crippen molar-refractivity contribution >= 4 is 28.5 Å². The van der Waals surface area contributed by atoms with Crippen molar-refractivity contribution in [2.75, 3.05) is 7.05 Å². The van der Waals surface area contributed by atoms with Crippen LogP contribution in [0.4, 0.5) is 4.39 Å². The molecule has 0 bridgehead atoms. The van der Waals surface area contributed by atoms with Crippen molar-refractivity contribution in [2.24, 2.45) is 5.73 Å². The average molecular weight is 309 g/mol. The number of nitrogens with two attached hydrogens (primary N) is 1. The van der Waals surface area contributed by atoms with Crippen LogP contribution in [0.2, 0.25) is 0 Å². The Morgan fingerprint density at radius 2 is 2.20 bits per heavy atom. The number of halogens is 1. The van der Waals surface area contributed by atoms with Crippen LogP contribution in [0.15, 0.2) is 23.6 Å². The maximum absolute atomic E-state index is 13.4. The summed E-state index contributed by atoms with van der Waals surface area (Å²) in [6, 6.07) is 4.49. The Morgan fingerprint density at radius 1 is 1.45 bits per heavy atom. The molecule has 0 saturated carbocycles. The Bertz CT molecular complexity index is 625. The van der Waals surface area contributed by atoms with E-state index in [9.17, 15) is 4.39 Å². The second-order valence-electron chi connectivity index (χ2n) is 4.70. The number of aryl methyl sites for hydroxylation is 1. The van der Waals surface area contributed by atoms with Gasteiger partial charge in [-0.15, -0.1) is 11.3 Å². The van der Waals surface area contributed by atoms with Crippen molar-refractivity contribution in [3.63, 3.8) is 0 Å². The first-order valence-corrected chi connectivity index (χ1v) is 7.42. The van der Waals surface area contributed by atoms with E-state index in [0.717, 1.165) is 21.8 Å². The van der Waals surface area contributed by atoms with Crippen molar-refractivity contribution in [3.8, 4) is 0 Å². The molecule has 0 atom stereocenters. The van der Waals surface area contributed by atoms with E-state index < -0.39 is 0 Å². The van der Waals surface area contributed by atoms with Gasteiger partial charge in [0.25, 0.3) is 0 Å². The highest BCUT2D eigenvalue weighted by Gasteiger charge is 2.10. The quantitative estimate of drug-likeness (QED) is 0.863. The van der Waals surface area contributed by atoms with Crippen LogP contribution < -0.4 is 5.73 Å². The smallest absolute Gasteiger partial charge is 0.123 e. The van der Waals surface area contributed by atoms with Crippen LogP contribution in [-0.2, 0) is 13.1 Å². The normalized spacial score (nSPS) is 11.0. The van der Waals surface area contributed by atoms with Crippen LogP contribution in [0.3, 0.4) is 0 Å². The van der Waals surface area contributed by atoms with Crippen LogP contribution >= 0.6 is 23.6 Å². The Morgan fingerprint density at radius 3 is 2.80 bits per heavy atom. The molecule has 0 unspecified atom stereocenters. The van der Waals surface area contributed by atoms with E-state index in [1.165, 1.54) is 12.1 Å². The van der Waals surface area contributed by atoms with Crippen molar-refractivity contribution in [3.05, 3.63) is 51.2 Å². The molecule has 6 heteroatoms. The Balaban J connectivity index is 2.12. The van der Waals surface area contributed by atoms with Crippen molar-refractivity contribution in [1.29, 1.82) is 0 Å². The molecule has 0 aliphatic carbocycles. The van der Waals surface area contributed by atoms with E-state index in [-0.39, 0.29) is 10.8 Å². The van der Waals surface area contributed by atoms with Crippen molar-refractivity contribution < 1.29 is 4.39 Å². The molecule has 0 saturated heterocycles. The lowest BCUT2D eigenvalue weighted by atomic mass is 10.1. The number of thiazole rings is 1. The lowest BCUT2D eigenvalue weighted by molar-refractivity contribution is 0.315. The van der Waals surface area contributed by atoms with E-state index in [4.69, 9.17) is 18.0 Å². The maximum atomic E-state index is 13.4. The number of aromatic nitrogens is 1. The van der Waals surface area contributed by atoms with Gasteiger partial charge in [-0.1, -0.05) is 12.2 Å². The predicted octanol–water partition coefficient (Wildman–Crippen LogP) is 2.86. The Labute approximate surface area is 127 Å². The van der Waals surface area contributed by atoms with Gasteiger partial charge in [0.15, 0.2) is 0 Å². The highest BCUT2D eigenvalue weighted by molar-refractivity contribution is 7.80. The van der Waals surface area contributed by atoms with E-state index in [2.05, 4.69) is 9.88 Å². The van der Waals surface area contributed by atoms with Crippen LogP contribution in [0.25, 0.3) is 0 Å². The van der Waals surface area contributed by atoms with Gasteiger partial charge in [-0.2, -0.15) is 0 Å². The number of hydrogen-bond acceptors (Lipinski definition) is 4. The molecule has 106 valence electrons. The fourth-order valence-corrected chi connectivity index (χ4v) is 2.84. The molecule has 0 amide bonds. The van der Waals surface area contributed by atoms with Crippen molar-refractivity contribution in [2.45, 2.75) is 20.0 Å². The molecule has 0 radical (unpaired) electrons. The third-order valence-corrected chi connectivity index (χ3v) is 3.91. The minimum atomic E-state index is -0.280. The largest absolute Gasteiger partial charge is 0.389 e. The van der Waals surface area contributed by atoms with Crippen LogP contribution in [0, 0.1) is 12.7 Å². The Kier molecular flexibility index (Phi) is 4.80. The summed E-state index contributed by atoms with van der Waals surface area (Å²) in [5.41, 5.74) is 8.22. The number of rotatable bonds is 5. The molecule has 3 nitrogen and oxygen atoms in total. The van der Waals surface area contributed by atoms with Gasteiger partial charge in [0.2, 0.25) is 0 Å². The van der Waals surface area contributed by atoms with E-state index in [1.54, 1.807) is 17.4 Å². The molecular weight excluding hydrogens is 293 g/mol. The van der Waals surface area contributed by atoms with Crippen molar-refractivity contribution in [1.82, 2.24) is 9.88 Å². The summed E-state index contributed by atoms with van der Waals surface area (Å²) in [5.74, 6) is -0.280. The molecule has 0 aliphatic rings. The first-order valence-electron chi connectivity index (χ1n) is 6.13. The monoisotopic (exact) mass is 309 g/mol. The molecule has 0 fully saturated rings. The molecule has 1 heterocycles. The average Bonchev–Trinajstić information content (AvgIpc) is 2.74. The van der Waals surface area contributed by atoms with Gasteiger partial charge < -0.3 is 5.73 Å². The summed E-state index contributed by atoms with van der Waals surface area (Å²) in [4.78, 5) is 6.77. The van der Waals surface area contributed by atoms with Gasteiger partial charge in [-0.25, -0.2) is 9.37 Å². The molecule has 1 aromatic carbocycles. The second-order valence-corrected chi connectivity index (χ2v) is 6.20. The minimum absolute atomic E-state index is 0.280. The lowest BCUT2D eigenvalue weighted by Gasteiger charge is -2.17. The molecule has 1 aromatic heterocycles. The van der Waals surface area contributed by atoms with E-state index >= 15 is 0 Å². The molecule has 0 spiro atoms. The molecule has 0 aliphatic heterocycles. The first kappa shape index (κ1) is 15.0. The zero-order valence-electron chi connectivity index (χ0n) is 11.4. The fourth-order valence-electron chi connectivity index (χ4n) is 2.04. The summed E-state index contributed by atoms with van der Waals surface area (Å²) in [5, 5.41) is 3.08. The highest BCUT2D eigenvalue weighted by Crippen LogP contribution is 2.16. The number of benzene rings is 1. The summed E-state index contributed by atoms with van der Waals surface area (Å²) in [6.45, 7) is 3.25. The summed E-state index contributed by atoms with van der Waals surface area (Å²) >= 11 is 6.63. The summed E-state index contributed by atoms with van der Waals surface area (Å²) < 4.78 is 13.4. The number of thiocarbonyl (C=S) groups is 1. The predicted molar refractivity (Wildman–Crippen MR) is 84.3 cm³/mol. The fraction of sp³-hybridized carbons (Fsp3) is 0.286. The molecular formula is C14H16FN3S2. The van der Waals surface area contributed by atoms with E-state index in [0.29, 0.717) is 13.1 Å². The van der Waals surface area contributed by atoms with E-state index in [1.807, 2.05) is 19.4 Å². The zero-order valence-corrected chi connectivity index (χ0v) is 13.0. The highest BCUT2D eigenvalue weighted by atomic mass is 32.1. The third kappa shape index (κ3) is 3.82. The summed E-state index contributed by atoms with van der Waals surface area (Å²) in [7, 11) is 1.96. The Hall–Kier alpha value is -1.37. The van der Waals surface area contributed by atoms with Gasteiger partial charge in [0.05, 0.1) is 10.7 Å². The standard InChI is InChI=1S/C14H16FN3S2/c1-9-17-12(8-20-9)7-18(2)6-10-5-11(15)3-4-13(10)14(16)19/h3-5,8H,6-7H2,1-2H3,(H2,16,19). The zero-order chi connectivity index (χ0) is 14.7. The number of hydrogen-bond donors (Lipinski definition) is 1. The first-order chi connectivity index (χ1) is 9.45. The van der Waals surface area contributed by atoms with Crippen LogP contribution in [-0.4, -0.2) is 21.9 Å². The lowest BCUT2D eigenvalue weighted by Crippen LogP contribution is -2.21. The molecule has 2 aromatic rings. The van der Waals surface area contributed by atoms with Gasteiger partial charge >= 0.3 is 0 Å². The van der Waals surface area contributed by atoms with Gasteiger partial charge in [0, 0.05) is 24.0 Å². The molecule has 2 N–H and O–H groups in total. The van der Waals surface area contributed by atoms with Gasteiger partial charge in [-0.3, -0.25) is 4.90 Å². The second kappa shape index (κ2) is 6.39. The summed E-state index contributed by atoms with van der Waals surface area (Å²) in [6.07, 6.45) is 0. The number of nitrogens with zero attached hydrogens (tertiary/aromatic N) is 2. The molecule has 20 heavy (non-hydrogen) atoms.